The summed E-state index contributed by atoms with van der Waals surface area (Å²) in [7, 11) is 0. The lowest BCUT2D eigenvalue weighted by molar-refractivity contribution is -0.138. The fourth-order valence-electron chi connectivity index (χ4n) is 2.55. The molecule has 0 saturated carbocycles. The van der Waals surface area contributed by atoms with E-state index in [2.05, 4.69) is 37.9 Å². The fraction of sp³-hybridized carbons (Fsp3) is 0.188. The Morgan fingerprint density at radius 1 is 1.57 bits per heavy atom. The molecule has 0 radical (unpaired) electrons. The molecule has 0 spiro atoms. The van der Waals surface area contributed by atoms with E-state index in [-0.39, 0.29) is 6.61 Å². The molecule has 23 heavy (non-hydrogen) atoms. The largest absolute Gasteiger partial charge is 0.458 e. The normalized spacial score (nSPS) is 16.5. The third-order valence-electron chi connectivity index (χ3n) is 3.51. The maximum Gasteiger partial charge on any atom is 0.338 e. The summed E-state index contributed by atoms with van der Waals surface area (Å²) in [6.45, 7) is 5.56. The summed E-state index contributed by atoms with van der Waals surface area (Å²) in [6.07, 6.45) is 3.00. The van der Waals surface area contributed by atoms with Gasteiger partial charge in [-0.05, 0) is 24.6 Å². The minimum absolute atomic E-state index is 0.158. The van der Waals surface area contributed by atoms with E-state index in [1.807, 2.05) is 31.2 Å². The number of halogens is 1. The van der Waals surface area contributed by atoms with E-state index in [1.165, 1.54) is 6.33 Å². The molecule has 0 saturated heterocycles. The maximum atomic E-state index is 12.5. The molecule has 1 aliphatic heterocycles. The lowest BCUT2D eigenvalue weighted by atomic mass is 9.96. The van der Waals surface area contributed by atoms with Crippen LogP contribution in [0.2, 0.25) is 0 Å². The standard InChI is InChI=1S/C16H15BrN4O2/c1-3-7-23-15(22)13-10(2)20-16-18-9-19-21(16)14(13)11-5-4-6-12(17)8-11/h3-6,8-9,14H,1,7H2,2H3,(H,18,19,20)/t14-/m0/s1. The van der Waals surface area contributed by atoms with Crippen molar-refractivity contribution in [3.05, 3.63) is 64.6 Å². The highest BCUT2D eigenvalue weighted by molar-refractivity contribution is 9.10. The van der Waals surface area contributed by atoms with E-state index in [4.69, 9.17) is 4.74 Å². The minimum Gasteiger partial charge on any atom is -0.458 e. The van der Waals surface area contributed by atoms with Crippen molar-refractivity contribution in [3.63, 3.8) is 0 Å². The third-order valence-corrected chi connectivity index (χ3v) is 4.00. The van der Waals surface area contributed by atoms with Crippen LogP contribution >= 0.6 is 15.9 Å². The van der Waals surface area contributed by atoms with Crippen LogP contribution in [0.1, 0.15) is 18.5 Å². The van der Waals surface area contributed by atoms with Gasteiger partial charge in [-0.3, -0.25) is 0 Å². The zero-order chi connectivity index (χ0) is 16.4. The van der Waals surface area contributed by atoms with Crippen molar-refractivity contribution in [3.8, 4) is 0 Å². The van der Waals surface area contributed by atoms with Crippen LogP contribution in [0, 0.1) is 0 Å². The smallest absolute Gasteiger partial charge is 0.338 e. The fourth-order valence-corrected chi connectivity index (χ4v) is 2.97. The van der Waals surface area contributed by atoms with Crippen LogP contribution < -0.4 is 5.32 Å². The van der Waals surface area contributed by atoms with Gasteiger partial charge in [0.05, 0.1) is 5.57 Å². The van der Waals surface area contributed by atoms with Crippen molar-refractivity contribution in [1.29, 1.82) is 0 Å². The number of carbonyl (C=O) groups is 1. The molecular weight excluding hydrogens is 360 g/mol. The number of hydrogen-bond donors (Lipinski definition) is 1. The second-order valence-electron chi connectivity index (χ2n) is 5.04. The maximum absolute atomic E-state index is 12.5. The summed E-state index contributed by atoms with van der Waals surface area (Å²) < 4.78 is 7.85. The lowest BCUT2D eigenvalue weighted by Crippen LogP contribution is -2.29. The number of allylic oxidation sites excluding steroid dienone is 1. The Morgan fingerprint density at radius 3 is 3.13 bits per heavy atom. The summed E-state index contributed by atoms with van der Waals surface area (Å²) in [5.41, 5.74) is 2.12. The van der Waals surface area contributed by atoms with Gasteiger partial charge in [-0.25, -0.2) is 9.48 Å². The van der Waals surface area contributed by atoms with E-state index < -0.39 is 12.0 Å². The Kier molecular flexibility index (Phi) is 4.29. The quantitative estimate of drug-likeness (QED) is 0.657. The van der Waals surface area contributed by atoms with E-state index in [0.29, 0.717) is 17.2 Å². The van der Waals surface area contributed by atoms with Crippen LogP contribution in [0.15, 0.2) is 59.0 Å². The summed E-state index contributed by atoms with van der Waals surface area (Å²) in [6, 6.07) is 7.35. The predicted molar refractivity (Wildman–Crippen MR) is 89.8 cm³/mol. The van der Waals surface area contributed by atoms with Crippen LogP contribution in [0.25, 0.3) is 0 Å². The summed E-state index contributed by atoms with van der Waals surface area (Å²) in [4.78, 5) is 16.7. The van der Waals surface area contributed by atoms with E-state index in [9.17, 15) is 4.79 Å². The van der Waals surface area contributed by atoms with Gasteiger partial charge in [0.2, 0.25) is 5.95 Å². The first-order valence-electron chi connectivity index (χ1n) is 7.02. The van der Waals surface area contributed by atoms with Crippen molar-refractivity contribution in [1.82, 2.24) is 14.8 Å². The van der Waals surface area contributed by atoms with E-state index in [0.717, 1.165) is 10.0 Å². The molecule has 2 heterocycles. The van der Waals surface area contributed by atoms with Gasteiger partial charge >= 0.3 is 5.97 Å². The molecule has 1 atom stereocenters. The average molecular weight is 375 g/mol. The molecule has 1 aliphatic rings. The third kappa shape index (κ3) is 2.92. The molecule has 118 valence electrons. The average Bonchev–Trinajstić information content (AvgIpc) is 2.99. The molecule has 0 aliphatic carbocycles. The molecule has 1 aromatic carbocycles. The van der Waals surface area contributed by atoms with Gasteiger partial charge in [0.15, 0.2) is 0 Å². The lowest BCUT2D eigenvalue weighted by Gasteiger charge is -2.28. The first kappa shape index (κ1) is 15.5. The second-order valence-corrected chi connectivity index (χ2v) is 5.95. The van der Waals surface area contributed by atoms with E-state index in [1.54, 1.807) is 10.8 Å². The van der Waals surface area contributed by atoms with Gasteiger partial charge in [0.25, 0.3) is 0 Å². The highest BCUT2D eigenvalue weighted by Gasteiger charge is 2.34. The zero-order valence-corrected chi connectivity index (χ0v) is 14.1. The Morgan fingerprint density at radius 2 is 2.39 bits per heavy atom. The SMILES string of the molecule is C=CCOC(=O)C1=C(C)Nc2ncnn2[C@H]1c1cccc(Br)c1. The molecule has 1 aromatic heterocycles. The van der Waals surface area contributed by atoms with Crippen LogP contribution in [0.3, 0.4) is 0 Å². The molecule has 3 rings (SSSR count). The number of ether oxygens (including phenoxy) is 1. The predicted octanol–water partition coefficient (Wildman–Crippen LogP) is 3.06. The van der Waals surface area contributed by atoms with E-state index >= 15 is 0 Å². The topological polar surface area (TPSA) is 69.0 Å². The van der Waals surface area contributed by atoms with Crippen LogP contribution in [-0.2, 0) is 9.53 Å². The number of benzene rings is 1. The van der Waals surface area contributed by atoms with Gasteiger partial charge < -0.3 is 10.1 Å². The van der Waals surface area contributed by atoms with Crippen LogP contribution in [0.4, 0.5) is 5.95 Å². The second kappa shape index (κ2) is 6.37. The monoisotopic (exact) mass is 374 g/mol. The number of aromatic nitrogens is 3. The summed E-state index contributed by atoms with van der Waals surface area (Å²) in [5.74, 6) is 0.189. The number of nitrogens with one attached hydrogen (secondary N) is 1. The Balaban J connectivity index is 2.10. The molecule has 1 N–H and O–H groups in total. The van der Waals surface area contributed by atoms with Gasteiger partial charge in [-0.2, -0.15) is 10.1 Å². The molecule has 0 amide bonds. The molecule has 0 unspecified atom stereocenters. The first-order valence-corrected chi connectivity index (χ1v) is 7.82. The Labute approximate surface area is 142 Å². The molecule has 7 heteroatoms. The van der Waals surface area contributed by atoms with Crippen molar-refractivity contribution >= 4 is 27.8 Å². The number of fused-ring (bicyclic) bond motifs is 1. The number of anilines is 1. The number of carbonyl (C=O) groups excluding carboxylic acids is 1. The zero-order valence-electron chi connectivity index (χ0n) is 12.5. The minimum atomic E-state index is -0.402. The first-order chi connectivity index (χ1) is 11.1. The van der Waals surface area contributed by atoms with Crippen molar-refractivity contribution in [2.75, 3.05) is 11.9 Å². The van der Waals surface area contributed by atoms with Gasteiger partial charge in [-0.1, -0.05) is 40.7 Å². The number of rotatable bonds is 4. The Hall–Kier alpha value is -2.41. The van der Waals surface area contributed by atoms with Gasteiger partial charge in [0, 0.05) is 10.2 Å². The van der Waals surface area contributed by atoms with Crippen molar-refractivity contribution in [2.24, 2.45) is 0 Å². The molecule has 0 bridgehead atoms. The number of hydrogen-bond acceptors (Lipinski definition) is 5. The molecule has 2 aromatic rings. The Bertz CT molecular complexity index is 797. The number of nitrogens with zero attached hydrogens (tertiary/aromatic N) is 3. The van der Waals surface area contributed by atoms with Crippen molar-refractivity contribution in [2.45, 2.75) is 13.0 Å². The highest BCUT2D eigenvalue weighted by Crippen LogP contribution is 2.35. The molecule has 6 nitrogen and oxygen atoms in total. The van der Waals surface area contributed by atoms with Gasteiger partial charge in [0.1, 0.15) is 19.0 Å². The van der Waals surface area contributed by atoms with Gasteiger partial charge in [-0.15, -0.1) is 0 Å². The highest BCUT2D eigenvalue weighted by atomic mass is 79.9. The molecule has 0 fully saturated rings. The van der Waals surface area contributed by atoms with Crippen LogP contribution in [0.5, 0.6) is 0 Å². The summed E-state index contributed by atoms with van der Waals surface area (Å²) in [5, 5.41) is 7.35. The summed E-state index contributed by atoms with van der Waals surface area (Å²) >= 11 is 3.47. The number of esters is 1. The molecular formula is C16H15BrN4O2. The van der Waals surface area contributed by atoms with Crippen molar-refractivity contribution < 1.29 is 9.53 Å². The van der Waals surface area contributed by atoms with Crippen LogP contribution in [-0.4, -0.2) is 27.3 Å².